The van der Waals surface area contributed by atoms with Crippen LogP contribution in [0.25, 0.3) is 6.08 Å². The lowest BCUT2D eigenvalue weighted by Gasteiger charge is -2.05. The fraction of sp³-hybridized carbons (Fsp3) is 0.240. The molecule has 146 valence electrons. The Morgan fingerprint density at radius 1 is 0.964 bits per heavy atom. The summed E-state index contributed by atoms with van der Waals surface area (Å²) in [6.45, 7) is 8.62. The van der Waals surface area contributed by atoms with Crippen molar-refractivity contribution < 1.29 is 14.6 Å². The van der Waals surface area contributed by atoms with Gasteiger partial charge < -0.3 is 9.84 Å². The Kier molecular flexibility index (Phi) is 7.82. The van der Waals surface area contributed by atoms with Crippen molar-refractivity contribution >= 4 is 11.9 Å². The van der Waals surface area contributed by atoms with Crippen LogP contribution >= 0.6 is 0 Å². The second-order valence-corrected chi connectivity index (χ2v) is 7.19. The Labute approximate surface area is 167 Å². The van der Waals surface area contributed by atoms with E-state index in [2.05, 4.69) is 6.08 Å². The minimum atomic E-state index is -0.0743. The van der Waals surface area contributed by atoms with Gasteiger partial charge in [0.25, 0.3) is 0 Å². The predicted molar refractivity (Wildman–Crippen MR) is 116 cm³/mol. The van der Waals surface area contributed by atoms with Crippen molar-refractivity contribution in [1.82, 2.24) is 0 Å². The van der Waals surface area contributed by atoms with Gasteiger partial charge in [-0.3, -0.25) is 4.79 Å². The Balaban J connectivity index is 2.04. The number of aromatic hydroxyl groups is 1. The van der Waals surface area contributed by atoms with Crippen LogP contribution in [0.4, 0.5) is 0 Å². The number of allylic oxidation sites excluding steroid dienone is 4. The van der Waals surface area contributed by atoms with Crippen LogP contribution in [0.3, 0.4) is 0 Å². The average molecular weight is 376 g/mol. The number of hydrogen-bond acceptors (Lipinski definition) is 3. The third kappa shape index (κ3) is 6.92. The van der Waals surface area contributed by atoms with Crippen molar-refractivity contribution in [1.29, 1.82) is 0 Å². The molecule has 2 aromatic carbocycles. The molecule has 0 aliphatic heterocycles. The Bertz CT molecular complexity index is 892. The Morgan fingerprint density at radius 3 is 2.29 bits per heavy atom. The van der Waals surface area contributed by atoms with E-state index in [4.69, 9.17) is 4.74 Å². The van der Waals surface area contributed by atoms with E-state index < -0.39 is 0 Å². The summed E-state index contributed by atoms with van der Waals surface area (Å²) in [5.41, 5.74) is 4.73. The minimum Gasteiger partial charge on any atom is -0.508 e. The number of phenolic OH excluding ortho intramolecular Hbond substituents is 1. The number of carbonyl (C=O) groups excluding carboxylic acids is 1. The molecule has 2 aromatic rings. The summed E-state index contributed by atoms with van der Waals surface area (Å²) in [5, 5.41) is 9.99. The molecule has 0 spiro atoms. The standard InChI is InChI=1S/C25H28O3/c1-18(2)5-8-22-17-20(7-14-25(22)27)6-13-24(26)21-9-11-23(12-10-21)28-16-15-19(3)4/h5-7,9-15,17,27H,8,16H2,1-4H3. The molecule has 3 heteroatoms. The number of hydrogen-bond donors (Lipinski definition) is 1. The lowest BCUT2D eigenvalue weighted by Crippen LogP contribution is -1.97. The first kappa shape index (κ1) is 21.2. The zero-order valence-electron chi connectivity index (χ0n) is 17.0. The van der Waals surface area contributed by atoms with Crippen LogP contribution in [0.5, 0.6) is 11.5 Å². The summed E-state index contributed by atoms with van der Waals surface area (Å²) in [7, 11) is 0. The maximum Gasteiger partial charge on any atom is 0.185 e. The molecule has 0 fully saturated rings. The fourth-order valence-corrected chi connectivity index (χ4v) is 2.47. The second-order valence-electron chi connectivity index (χ2n) is 7.19. The van der Waals surface area contributed by atoms with Crippen LogP contribution in [0.2, 0.25) is 0 Å². The topological polar surface area (TPSA) is 46.5 Å². The van der Waals surface area contributed by atoms with Crippen molar-refractivity contribution in [2.24, 2.45) is 0 Å². The summed E-state index contributed by atoms with van der Waals surface area (Å²) in [6.07, 6.45) is 8.06. The molecule has 28 heavy (non-hydrogen) atoms. The molecule has 0 atom stereocenters. The Morgan fingerprint density at radius 2 is 1.64 bits per heavy atom. The number of benzene rings is 2. The predicted octanol–water partition coefficient (Wildman–Crippen LogP) is 6.14. The van der Waals surface area contributed by atoms with E-state index in [0.29, 0.717) is 18.6 Å². The van der Waals surface area contributed by atoms with Crippen molar-refractivity contribution in [3.63, 3.8) is 0 Å². The van der Waals surface area contributed by atoms with Gasteiger partial charge in [-0.2, -0.15) is 0 Å². The third-order valence-electron chi connectivity index (χ3n) is 4.14. The molecule has 2 rings (SSSR count). The molecule has 0 radical (unpaired) electrons. The molecule has 0 amide bonds. The number of ether oxygens (including phenoxy) is 1. The molecular weight excluding hydrogens is 348 g/mol. The highest BCUT2D eigenvalue weighted by Gasteiger charge is 2.04. The van der Waals surface area contributed by atoms with Gasteiger partial charge in [0, 0.05) is 5.56 Å². The summed E-state index contributed by atoms with van der Waals surface area (Å²) in [5.74, 6) is 0.930. The van der Waals surface area contributed by atoms with Gasteiger partial charge in [0.05, 0.1) is 0 Å². The molecule has 0 aliphatic carbocycles. The number of phenols is 1. The molecule has 0 saturated carbocycles. The van der Waals surface area contributed by atoms with E-state index in [0.717, 1.165) is 16.9 Å². The molecule has 0 bridgehead atoms. The smallest absolute Gasteiger partial charge is 0.185 e. The van der Waals surface area contributed by atoms with Gasteiger partial charge in [0.15, 0.2) is 5.78 Å². The highest BCUT2D eigenvalue weighted by Crippen LogP contribution is 2.21. The SMILES string of the molecule is CC(C)=CCOc1ccc(C(=O)C=Cc2ccc(O)c(CC=C(C)C)c2)cc1. The summed E-state index contributed by atoms with van der Waals surface area (Å²) in [4.78, 5) is 12.4. The summed E-state index contributed by atoms with van der Waals surface area (Å²) in [6, 6.07) is 12.5. The van der Waals surface area contributed by atoms with Gasteiger partial charge in [-0.05, 0) is 93.8 Å². The first-order chi connectivity index (χ1) is 13.3. The molecule has 0 heterocycles. The van der Waals surface area contributed by atoms with Gasteiger partial charge in [-0.1, -0.05) is 29.4 Å². The molecule has 0 unspecified atom stereocenters. The Hall–Kier alpha value is -3.07. The van der Waals surface area contributed by atoms with E-state index in [-0.39, 0.29) is 11.5 Å². The van der Waals surface area contributed by atoms with Crippen LogP contribution in [0.15, 0.2) is 71.8 Å². The van der Waals surface area contributed by atoms with E-state index >= 15 is 0 Å². The maximum absolute atomic E-state index is 12.4. The minimum absolute atomic E-state index is 0.0743. The van der Waals surface area contributed by atoms with Gasteiger partial charge in [0.2, 0.25) is 0 Å². The summed E-state index contributed by atoms with van der Waals surface area (Å²) < 4.78 is 5.61. The highest BCUT2D eigenvalue weighted by atomic mass is 16.5. The number of ketones is 1. The van der Waals surface area contributed by atoms with Gasteiger partial charge in [-0.25, -0.2) is 0 Å². The zero-order valence-corrected chi connectivity index (χ0v) is 17.0. The van der Waals surface area contributed by atoms with E-state index in [1.54, 1.807) is 48.6 Å². The lowest BCUT2D eigenvalue weighted by atomic mass is 10.0. The van der Waals surface area contributed by atoms with Crippen molar-refractivity contribution in [3.05, 3.63) is 88.5 Å². The second kappa shape index (κ2) is 10.3. The van der Waals surface area contributed by atoms with Crippen molar-refractivity contribution in [2.75, 3.05) is 6.61 Å². The quantitative estimate of drug-likeness (QED) is 0.342. The molecule has 3 nitrogen and oxygen atoms in total. The van der Waals surface area contributed by atoms with E-state index in [1.165, 1.54) is 11.1 Å². The average Bonchev–Trinajstić information content (AvgIpc) is 2.66. The monoisotopic (exact) mass is 376 g/mol. The van der Waals surface area contributed by atoms with Gasteiger partial charge >= 0.3 is 0 Å². The summed E-state index contributed by atoms with van der Waals surface area (Å²) >= 11 is 0. The largest absolute Gasteiger partial charge is 0.508 e. The van der Waals surface area contributed by atoms with E-state index in [1.807, 2.05) is 39.8 Å². The van der Waals surface area contributed by atoms with Crippen LogP contribution in [-0.4, -0.2) is 17.5 Å². The first-order valence-electron chi connectivity index (χ1n) is 9.39. The van der Waals surface area contributed by atoms with Crippen LogP contribution in [-0.2, 0) is 6.42 Å². The van der Waals surface area contributed by atoms with E-state index in [9.17, 15) is 9.90 Å². The van der Waals surface area contributed by atoms with Crippen LogP contribution < -0.4 is 4.74 Å². The maximum atomic E-state index is 12.4. The van der Waals surface area contributed by atoms with Crippen LogP contribution in [0, 0.1) is 0 Å². The normalized spacial score (nSPS) is 10.6. The molecule has 0 aliphatic rings. The molecule has 1 N–H and O–H groups in total. The zero-order chi connectivity index (χ0) is 20.5. The van der Waals surface area contributed by atoms with Crippen molar-refractivity contribution in [3.8, 4) is 11.5 Å². The molecule has 0 aromatic heterocycles. The fourth-order valence-electron chi connectivity index (χ4n) is 2.47. The number of carbonyl (C=O) groups is 1. The number of rotatable bonds is 8. The van der Waals surface area contributed by atoms with Gasteiger partial charge in [-0.15, -0.1) is 0 Å². The lowest BCUT2D eigenvalue weighted by molar-refractivity contribution is 0.104. The first-order valence-corrected chi connectivity index (χ1v) is 9.39. The highest BCUT2D eigenvalue weighted by molar-refractivity contribution is 6.06. The van der Waals surface area contributed by atoms with Crippen LogP contribution in [0.1, 0.15) is 49.2 Å². The third-order valence-corrected chi connectivity index (χ3v) is 4.14. The van der Waals surface area contributed by atoms with Crippen molar-refractivity contribution in [2.45, 2.75) is 34.1 Å². The molecule has 0 saturated heterocycles. The van der Waals surface area contributed by atoms with Gasteiger partial charge in [0.1, 0.15) is 18.1 Å². The molecular formula is C25H28O3.